The second kappa shape index (κ2) is 6.11. The van der Waals surface area contributed by atoms with Crippen molar-refractivity contribution in [3.63, 3.8) is 0 Å². The van der Waals surface area contributed by atoms with Crippen molar-refractivity contribution >= 4 is 28.0 Å². The summed E-state index contributed by atoms with van der Waals surface area (Å²) in [7, 11) is 0. The first kappa shape index (κ1) is 16.2. The van der Waals surface area contributed by atoms with E-state index in [2.05, 4.69) is 78.9 Å². The van der Waals surface area contributed by atoms with Gasteiger partial charge in [0, 0.05) is 27.5 Å². The maximum Gasteiger partial charge on any atom is 0.178 e. The molecule has 29 heavy (non-hydrogen) atoms. The van der Waals surface area contributed by atoms with Crippen LogP contribution in [0.1, 0.15) is 16.7 Å². The molecule has 0 fully saturated rings. The molecule has 2 heterocycles. The molecule has 0 amide bonds. The fourth-order valence-electron chi connectivity index (χ4n) is 4.27. The second-order valence-electron chi connectivity index (χ2n) is 7.36. The minimum Gasteiger partial charge on any atom is -0.469 e. The molecule has 0 radical (unpaired) electrons. The maximum absolute atomic E-state index is 6.85. The van der Waals surface area contributed by atoms with Crippen molar-refractivity contribution in [3.8, 4) is 5.75 Å². The SMILES string of the molecule is C1=CC(c2ccccc2)(c2ccccc2)Oc2c1ccc1c2oc2ccccc21. The number of para-hydroxylation sites is 1. The molecule has 1 aromatic heterocycles. The van der Waals surface area contributed by atoms with Crippen molar-refractivity contribution in [2.45, 2.75) is 5.60 Å². The molecule has 0 unspecified atom stereocenters. The lowest BCUT2D eigenvalue weighted by atomic mass is 9.83. The zero-order valence-corrected chi connectivity index (χ0v) is 15.7. The van der Waals surface area contributed by atoms with Gasteiger partial charge in [-0.15, -0.1) is 0 Å². The van der Waals surface area contributed by atoms with E-state index in [9.17, 15) is 0 Å². The van der Waals surface area contributed by atoms with Gasteiger partial charge in [-0.25, -0.2) is 0 Å². The van der Waals surface area contributed by atoms with Crippen LogP contribution in [-0.4, -0.2) is 0 Å². The molecule has 0 saturated heterocycles. The maximum atomic E-state index is 6.85. The van der Waals surface area contributed by atoms with Gasteiger partial charge in [-0.05, 0) is 18.2 Å². The molecule has 0 spiro atoms. The molecule has 0 saturated carbocycles. The molecular weight excluding hydrogens is 356 g/mol. The fraction of sp³-hybridized carbons (Fsp3) is 0.0370. The van der Waals surface area contributed by atoms with Crippen LogP contribution in [0.4, 0.5) is 0 Å². The Morgan fingerprint density at radius 3 is 1.97 bits per heavy atom. The summed E-state index contributed by atoms with van der Waals surface area (Å²) < 4.78 is 13.1. The molecule has 5 aromatic rings. The van der Waals surface area contributed by atoms with Gasteiger partial charge in [0.15, 0.2) is 16.9 Å². The summed E-state index contributed by atoms with van der Waals surface area (Å²) in [4.78, 5) is 0. The molecule has 0 N–H and O–H groups in total. The number of furan rings is 1. The standard InChI is InChI=1S/C27H18O2/c1-3-9-20(10-4-1)27(21-11-5-2-6-12-21)18-17-19-15-16-23-22-13-7-8-14-24(22)28-26(23)25(19)29-27/h1-18H. The van der Waals surface area contributed by atoms with E-state index >= 15 is 0 Å². The summed E-state index contributed by atoms with van der Waals surface area (Å²) in [6.45, 7) is 0. The van der Waals surface area contributed by atoms with Gasteiger partial charge in [0.1, 0.15) is 5.58 Å². The van der Waals surface area contributed by atoms with E-state index in [1.54, 1.807) is 0 Å². The Morgan fingerprint density at radius 2 is 1.24 bits per heavy atom. The van der Waals surface area contributed by atoms with Crippen molar-refractivity contribution in [2.24, 2.45) is 0 Å². The van der Waals surface area contributed by atoms with E-state index in [0.717, 1.165) is 44.4 Å². The van der Waals surface area contributed by atoms with Crippen LogP contribution in [0.3, 0.4) is 0 Å². The number of hydrogen-bond donors (Lipinski definition) is 0. The smallest absolute Gasteiger partial charge is 0.178 e. The summed E-state index contributed by atoms with van der Waals surface area (Å²) >= 11 is 0. The number of hydrogen-bond acceptors (Lipinski definition) is 2. The van der Waals surface area contributed by atoms with Gasteiger partial charge >= 0.3 is 0 Å². The Bertz CT molecular complexity index is 1320. The van der Waals surface area contributed by atoms with Crippen LogP contribution in [0.5, 0.6) is 5.75 Å². The first-order valence-electron chi connectivity index (χ1n) is 9.79. The predicted molar refractivity (Wildman–Crippen MR) is 117 cm³/mol. The average Bonchev–Trinajstić information content (AvgIpc) is 3.19. The zero-order chi connectivity index (χ0) is 19.3. The number of ether oxygens (including phenoxy) is 1. The summed E-state index contributed by atoms with van der Waals surface area (Å²) in [5, 5.41) is 2.18. The van der Waals surface area contributed by atoms with Crippen molar-refractivity contribution in [1.82, 2.24) is 0 Å². The second-order valence-corrected chi connectivity index (χ2v) is 7.36. The van der Waals surface area contributed by atoms with Gasteiger partial charge in [-0.2, -0.15) is 0 Å². The van der Waals surface area contributed by atoms with E-state index in [1.807, 2.05) is 30.3 Å². The zero-order valence-electron chi connectivity index (χ0n) is 15.7. The van der Waals surface area contributed by atoms with E-state index in [1.165, 1.54) is 0 Å². The van der Waals surface area contributed by atoms with E-state index in [4.69, 9.17) is 9.15 Å². The molecule has 0 aliphatic carbocycles. The van der Waals surface area contributed by atoms with Crippen LogP contribution in [0.25, 0.3) is 28.0 Å². The highest BCUT2D eigenvalue weighted by Gasteiger charge is 2.38. The van der Waals surface area contributed by atoms with Gasteiger partial charge in [0.05, 0.1) is 0 Å². The third-order valence-electron chi connectivity index (χ3n) is 5.70. The third kappa shape index (κ3) is 2.36. The molecule has 6 rings (SSSR count). The molecule has 1 aliphatic heterocycles. The lowest BCUT2D eigenvalue weighted by Crippen LogP contribution is -2.34. The monoisotopic (exact) mass is 374 g/mol. The summed E-state index contributed by atoms with van der Waals surface area (Å²) in [6, 6.07) is 33.1. The van der Waals surface area contributed by atoms with E-state index < -0.39 is 5.60 Å². The van der Waals surface area contributed by atoms with Crippen molar-refractivity contribution in [3.05, 3.63) is 120 Å². The minimum absolute atomic E-state index is 0.706. The molecule has 0 bridgehead atoms. The van der Waals surface area contributed by atoms with Gasteiger partial charge < -0.3 is 9.15 Å². The normalized spacial score (nSPS) is 14.6. The molecule has 138 valence electrons. The van der Waals surface area contributed by atoms with Crippen LogP contribution in [-0.2, 0) is 5.60 Å². The lowest BCUT2D eigenvalue weighted by molar-refractivity contribution is 0.161. The van der Waals surface area contributed by atoms with Crippen molar-refractivity contribution in [2.75, 3.05) is 0 Å². The molecule has 0 atom stereocenters. The topological polar surface area (TPSA) is 22.4 Å². The van der Waals surface area contributed by atoms with Gasteiger partial charge in [0.25, 0.3) is 0 Å². The van der Waals surface area contributed by atoms with Gasteiger partial charge in [-0.3, -0.25) is 0 Å². The molecule has 2 heteroatoms. The van der Waals surface area contributed by atoms with Crippen LogP contribution in [0.2, 0.25) is 0 Å². The Kier molecular flexibility index (Phi) is 3.41. The lowest BCUT2D eigenvalue weighted by Gasteiger charge is -2.36. The molecule has 2 nitrogen and oxygen atoms in total. The molecule has 1 aliphatic rings. The Hall–Kier alpha value is -3.78. The third-order valence-corrected chi connectivity index (χ3v) is 5.70. The Labute approximate surface area is 168 Å². The Morgan fingerprint density at radius 1 is 0.586 bits per heavy atom. The highest BCUT2D eigenvalue weighted by atomic mass is 16.5. The molecular formula is C27H18O2. The highest BCUT2D eigenvalue weighted by Crippen LogP contribution is 2.46. The van der Waals surface area contributed by atoms with E-state index in [-0.39, 0.29) is 0 Å². The first-order valence-corrected chi connectivity index (χ1v) is 9.79. The van der Waals surface area contributed by atoms with Crippen LogP contribution in [0, 0.1) is 0 Å². The molecule has 4 aromatic carbocycles. The van der Waals surface area contributed by atoms with Crippen molar-refractivity contribution in [1.29, 1.82) is 0 Å². The average molecular weight is 374 g/mol. The number of fused-ring (bicyclic) bond motifs is 5. The van der Waals surface area contributed by atoms with Crippen LogP contribution in [0.15, 0.2) is 108 Å². The number of benzene rings is 4. The number of rotatable bonds is 2. The summed E-state index contributed by atoms with van der Waals surface area (Å²) in [6.07, 6.45) is 4.29. The summed E-state index contributed by atoms with van der Waals surface area (Å²) in [5.74, 6) is 0.786. The van der Waals surface area contributed by atoms with Gasteiger partial charge in [0.2, 0.25) is 0 Å². The largest absolute Gasteiger partial charge is 0.469 e. The fourth-order valence-corrected chi connectivity index (χ4v) is 4.27. The van der Waals surface area contributed by atoms with E-state index in [0.29, 0.717) is 0 Å². The predicted octanol–water partition coefficient (Wildman–Crippen LogP) is 6.94. The minimum atomic E-state index is -0.706. The highest BCUT2D eigenvalue weighted by molar-refractivity contribution is 6.08. The summed E-state index contributed by atoms with van der Waals surface area (Å²) in [5.41, 5.74) is 4.16. The van der Waals surface area contributed by atoms with Crippen LogP contribution < -0.4 is 4.74 Å². The Balaban J connectivity index is 1.64. The first-order chi connectivity index (χ1) is 14.4. The van der Waals surface area contributed by atoms with Crippen LogP contribution >= 0.6 is 0 Å². The quantitative estimate of drug-likeness (QED) is 0.334. The van der Waals surface area contributed by atoms with Gasteiger partial charge in [-0.1, -0.05) is 91.0 Å². The van der Waals surface area contributed by atoms with Crippen molar-refractivity contribution < 1.29 is 9.15 Å².